The molecule has 1 amide bonds. The summed E-state index contributed by atoms with van der Waals surface area (Å²) in [6.07, 6.45) is 5.23. The maximum Gasteiger partial charge on any atom is 0.261 e. The van der Waals surface area contributed by atoms with Crippen molar-refractivity contribution in [1.82, 2.24) is 9.97 Å². The molecule has 0 aliphatic carbocycles. The van der Waals surface area contributed by atoms with E-state index in [0.717, 1.165) is 48.8 Å². The summed E-state index contributed by atoms with van der Waals surface area (Å²) in [6.45, 7) is 1.87. The topological polar surface area (TPSA) is 67.3 Å². The average Bonchev–Trinajstić information content (AvgIpc) is 3.22. The molecule has 2 aromatic heterocycles. The van der Waals surface area contributed by atoms with E-state index in [1.165, 1.54) is 17.8 Å². The Morgan fingerprint density at radius 3 is 2.79 bits per heavy atom. The highest BCUT2D eigenvalue weighted by molar-refractivity contribution is 7.14. The zero-order chi connectivity index (χ0) is 19.3. The van der Waals surface area contributed by atoms with Gasteiger partial charge in [-0.3, -0.25) is 10.1 Å². The molecular formula is C21H22N4O2S. The molecule has 4 rings (SSSR count). The Bertz CT molecular complexity index is 966. The van der Waals surface area contributed by atoms with Crippen LogP contribution in [0, 0.1) is 0 Å². The first-order valence-electron chi connectivity index (χ1n) is 9.36. The van der Waals surface area contributed by atoms with Crippen molar-refractivity contribution in [3.05, 3.63) is 53.5 Å². The number of carbonyl (C=O) groups is 1. The number of amides is 1. The summed E-state index contributed by atoms with van der Waals surface area (Å²) in [5.41, 5.74) is 2.26. The number of carbonyl (C=O) groups excluding carboxylic acids is 1. The highest BCUT2D eigenvalue weighted by Crippen LogP contribution is 2.32. The number of nitrogens with zero attached hydrogens (tertiary/aromatic N) is 3. The number of aromatic nitrogens is 2. The molecule has 1 aromatic carbocycles. The van der Waals surface area contributed by atoms with Gasteiger partial charge in [-0.05, 0) is 43.5 Å². The molecule has 1 saturated heterocycles. The van der Waals surface area contributed by atoms with Gasteiger partial charge in [-0.1, -0.05) is 12.1 Å². The van der Waals surface area contributed by atoms with Gasteiger partial charge in [0.1, 0.15) is 11.6 Å². The number of thiazole rings is 1. The monoisotopic (exact) mass is 394 g/mol. The highest BCUT2D eigenvalue weighted by Gasteiger charge is 2.20. The van der Waals surface area contributed by atoms with Crippen molar-refractivity contribution in [1.29, 1.82) is 0 Å². The quantitative estimate of drug-likeness (QED) is 0.692. The van der Waals surface area contributed by atoms with Crippen molar-refractivity contribution < 1.29 is 9.53 Å². The number of rotatable bonds is 5. The predicted molar refractivity (Wildman–Crippen MR) is 112 cm³/mol. The standard InChI is InChI=1S/C21H22N4O2S/c1-27-18-10-4-3-8-15(18)17-14-28-21(23-17)24-20(26)16-9-7-11-22-19(16)25-12-5-2-6-13-25/h3-4,7-11,14H,2,5-6,12-13H2,1H3,(H,23,24,26). The Morgan fingerprint density at radius 2 is 1.96 bits per heavy atom. The number of piperidine rings is 1. The fourth-order valence-corrected chi connectivity index (χ4v) is 4.11. The van der Waals surface area contributed by atoms with Crippen molar-refractivity contribution in [2.24, 2.45) is 0 Å². The molecular weight excluding hydrogens is 372 g/mol. The third-order valence-corrected chi connectivity index (χ3v) is 5.55. The molecule has 1 aliphatic heterocycles. The van der Waals surface area contributed by atoms with E-state index in [1.807, 2.05) is 35.7 Å². The van der Waals surface area contributed by atoms with E-state index in [4.69, 9.17) is 4.74 Å². The first-order valence-corrected chi connectivity index (χ1v) is 10.2. The molecule has 0 radical (unpaired) electrons. The number of hydrogen-bond donors (Lipinski definition) is 1. The van der Waals surface area contributed by atoms with Gasteiger partial charge in [0.05, 0.1) is 18.4 Å². The lowest BCUT2D eigenvalue weighted by molar-refractivity contribution is 0.102. The summed E-state index contributed by atoms with van der Waals surface area (Å²) < 4.78 is 5.41. The van der Waals surface area contributed by atoms with Gasteiger partial charge in [-0.15, -0.1) is 11.3 Å². The number of anilines is 2. The van der Waals surface area contributed by atoms with Gasteiger partial charge in [0.15, 0.2) is 5.13 Å². The number of pyridine rings is 1. The van der Waals surface area contributed by atoms with Gasteiger partial charge < -0.3 is 9.64 Å². The summed E-state index contributed by atoms with van der Waals surface area (Å²) in [5.74, 6) is 1.32. The normalized spacial score (nSPS) is 14.0. The molecule has 1 fully saturated rings. The maximum atomic E-state index is 12.9. The third kappa shape index (κ3) is 3.84. The molecule has 0 bridgehead atoms. The van der Waals surface area contributed by atoms with Crippen LogP contribution in [0.15, 0.2) is 48.0 Å². The van der Waals surface area contributed by atoms with Crippen molar-refractivity contribution in [3.8, 4) is 17.0 Å². The van der Waals surface area contributed by atoms with Gasteiger partial charge in [0.25, 0.3) is 5.91 Å². The van der Waals surface area contributed by atoms with E-state index >= 15 is 0 Å². The van der Waals surface area contributed by atoms with Crippen LogP contribution in [0.1, 0.15) is 29.6 Å². The summed E-state index contributed by atoms with van der Waals surface area (Å²) in [5, 5.41) is 5.40. The second-order valence-corrected chi connectivity index (χ2v) is 7.47. The average molecular weight is 395 g/mol. The van der Waals surface area contributed by atoms with Crippen LogP contribution >= 0.6 is 11.3 Å². The van der Waals surface area contributed by atoms with Crippen LogP contribution in [-0.2, 0) is 0 Å². The van der Waals surface area contributed by atoms with Crippen LogP contribution in [0.2, 0.25) is 0 Å². The minimum atomic E-state index is -0.186. The Hall–Kier alpha value is -2.93. The van der Waals surface area contributed by atoms with Crippen LogP contribution in [0.3, 0.4) is 0 Å². The minimum absolute atomic E-state index is 0.186. The maximum absolute atomic E-state index is 12.9. The zero-order valence-corrected chi connectivity index (χ0v) is 16.5. The van der Waals surface area contributed by atoms with Crippen LogP contribution in [0.25, 0.3) is 11.3 Å². The fourth-order valence-electron chi connectivity index (χ4n) is 3.41. The van der Waals surface area contributed by atoms with E-state index in [9.17, 15) is 4.79 Å². The lowest BCUT2D eigenvalue weighted by Gasteiger charge is -2.28. The number of nitrogens with one attached hydrogen (secondary N) is 1. The molecule has 6 nitrogen and oxygen atoms in total. The molecule has 7 heteroatoms. The molecule has 1 N–H and O–H groups in total. The summed E-state index contributed by atoms with van der Waals surface area (Å²) in [7, 11) is 1.64. The summed E-state index contributed by atoms with van der Waals surface area (Å²) in [6, 6.07) is 11.3. The third-order valence-electron chi connectivity index (χ3n) is 4.79. The Morgan fingerprint density at radius 1 is 1.14 bits per heavy atom. The zero-order valence-electron chi connectivity index (χ0n) is 15.7. The second-order valence-electron chi connectivity index (χ2n) is 6.61. The minimum Gasteiger partial charge on any atom is -0.496 e. The number of ether oxygens (including phenoxy) is 1. The van der Waals surface area contributed by atoms with Crippen LogP contribution in [0.4, 0.5) is 10.9 Å². The van der Waals surface area contributed by atoms with E-state index in [-0.39, 0.29) is 5.91 Å². The first kappa shape index (κ1) is 18.4. The molecule has 0 saturated carbocycles. The van der Waals surface area contributed by atoms with Crippen LogP contribution in [0.5, 0.6) is 5.75 Å². The highest BCUT2D eigenvalue weighted by atomic mass is 32.1. The van der Waals surface area contributed by atoms with Crippen molar-refractivity contribution in [2.45, 2.75) is 19.3 Å². The van der Waals surface area contributed by atoms with Crippen molar-refractivity contribution in [3.63, 3.8) is 0 Å². The Balaban J connectivity index is 1.55. The van der Waals surface area contributed by atoms with Crippen molar-refractivity contribution >= 4 is 28.2 Å². The predicted octanol–water partition coefficient (Wildman–Crippen LogP) is 4.46. The molecule has 0 atom stereocenters. The summed E-state index contributed by atoms with van der Waals surface area (Å²) in [4.78, 5) is 24.1. The van der Waals surface area contributed by atoms with Gasteiger partial charge >= 0.3 is 0 Å². The van der Waals surface area contributed by atoms with Crippen molar-refractivity contribution in [2.75, 3.05) is 30.4 Å². The fraction of sp³-hybridized carbons (Fsp3) is 0.286. The van der Waals surface area contributed by atoms with Gasteiger partial charge in [-0.25, -0.2) is 9.97 Å². The molecule has 3 heterocycles. The van der Waals surface area contributed by atoms with E-state index in [0.29, 0.717) is 10.7 Å². The SMILES string of the molecule is COc1ccccc1-c1csc(NC(=O)c2cccnc2N2CCCCC2)n1. The van der Waals surface area contributed by atoms with E-state index in [1.54, 1.807) is 19.4 Å². The smallest absolute Gasteiger partial charge is 0.261 e. The molecule has 144 valence electrons. The number of para-hydroxylation sites is 1. The number of benzene rings is 1. The lowest BCUT2D eigenvalue weighted by Crippen LogP contribution is -2.32. The largest absolute Gasteiger partial charge is 0.496 e. The number of methoxy groups -OCH3 is 1. The van der Waals surface area contributed by atoms with Crippen LogP contribution in [-0.4, -0.2) is 36.1 Å². The van der Waals surface area contributed by atoms with E-state index < -0.39 is 0 Å². The molecule has 1 aliphatic rings. The Kier molecular flexibility index (Phi) is 5.53. The lowest BCUT2D eigenvalue weighted by atomic mass is 10.1. The van der Waals surface area contributed by atoms with E-state index in [2.05, 4.69) is 20.2 Å². The first-order chi connectivity index (χ1) is 13.8. The molecule has 0 unspecified atom stereocenters. The van der Waals surface area contributed by atoms with Crippen LogP contribution < -0.4 is 15.0 Å². The molecule has 28 heavy (non-hydrogen) atoms. The Labute approximate surface area is 168 Å². The number of hydrogen-bond acceptors (Lipinski definition) is 6. The molecule has 3 aromatic rings. The summed E-state index contributed by atoms with van der Waals surface area (Å²) >= 11 is 1.40. The second kappa shape index (κ2) is 8.39. The van der Waals surface area contributed by atoms with Gasteiger partial charge in [0, 0.05) is 30.2 Å². The molecule has 0 spiro atoms. The van der Waals surface area contributed by atoms with Gasteiger partial charge in [-0.2, -0.15) is 0 Å². The van der Waals surface area contributed by atoms with Gasteiger partial charge in [0.2, 0.25) is 0 Å².